The Morgan fingerprint density at radius 2 is 2.00 bits per heavy atom. The van der Waals surface area contributed by atoms with E-state index in [1.165, 1.54) is 7.11 Å². The van der Waals surface area contributed by atoms with E-state index in [9.17, 15) is 9.59 Å². The highest BCUT2D eigenvalue weighted by Crippen LogP contribution is 2.37. The van der Waals surface area contributed by atoms with Crippen LogP contribution in [0, 0.1) is 5.92 Å². The summed E-state index contributed by atoms with van der Waals surface area (Å²) in [5.74, 6) is 0.256. The second-order valence-electron chi connectivity index (χ2n) is 5.39. The molecule has 2 rings (SSSR count). The summed E-state index contributed by atoms with van der Waals surface area (Å²) < 4.78 is 10.7. The van der Waals surface area contributed by atoms with E-state index in [4.69, 9.17) is 26.8 Å². The number of ether oxygens (including phenoxy) is 2. The molecule has 7 heteroatoms. The number of halogens is 1. The van der Waals surface area contributed by atoms with Crippen molar-refractivity contribution >= 4 is 23.4 Å². The van der Waals surface area contributed by atoms with E-state index >= 15 is 0 Å². The number of amides is 2. The molecule has 0 atom stereocenters. The van der Waals surface area contributed by atoms with E-state index < -0.39 is 0 Å². The highest BCUT2D eigenvalue weighted by Gasteiger charge is 2.27. The fourth-order valence-corrected chi connectivity index (χ4v) is 2.94. The summed E-state index contributed by atoms with van der Waals surface area (Å²) in [5.41, 5.74) is 5.75. The van der Waals surface area contributed by atoms with Gasteiger partial charge in [-0.1, -0.05) is 11.6 Å². The Balaban J connectivity index is 2.17. The molecule has 1 aromatic rings. The Morgan fingerprint density at radius 3 is 2.52 bits per heavy atom. The fraction of sp³-hybridized carbons (Fsp3) is 0.500. The number of primary amides is 1. The lowest BCUT2D eigenvalue weighted by atomic mass is 9.96. The third-order valence-corrected chi connectivity index (χ3v) is 4.23. The Labute approximate surface area is 140 Å². The van der Waals surface area contributed by atoms with E-state index in [-0.39, 0.29) is 17.7 Å². The summed E-state index contributed by atoms with van der Waals surface area (Å²) in [4.78, 5) is 25.5. The molecule has 0 unspecified atom stereocenters. The highest BCUT2D eigenvalue weighted by atomic mass is 35.5. The summed E-state index contributed by atoms with van der Waals surface area (Å²) in [6.45, 7) is 3.29. The molecule has 0 aliphatic carbocycles. The SMILES string of the molecule is CCOc1c(Cl)cc(C(=O)N2CCC(C(N)=O)CC2)cc1OC. The van der Waals surface area contributed by atoms with E-state index in [1.807, 2.05) is 6.92 Å². The predicted molar refractivity (Wildman–Crippen MR) is 87.0 cm³/mol. The van der Waals surface area contributed by atoms with Crippen molar-refractivity contribution in [2.24, 2.45) is 11.7 Å². The van der Waals surface area contributed by atoms with Crippen molar-refractivity contribution in [1.29, 1.82) is 0 Å². The second-order valence-corrected chi connectivity index (χ2v) is 5.80. The third-order valence-electron chi connectivity index (χ3n) is 3.95. The van der Waals surface area contributed by atoms with Crippen LogP contribution in [0.2, 0.25) is 5.02 Å². The van der Waals surface area contributed by atoms with Gasteiger partial charge in [-0.15, -0.1) is 0 Å². The van der Waals surface area contributed by atoms with Crippen LogP contribution in [0.4, 0.5) is 0 Å². The zero-order valence-electron chi connectivity index (χ0n) is 13.3. The second kappa shape index (κ2) is 7.55. The third kappa shape index (κ3) is 3.88. The molecule has 1 aromatic carbocycles. The number of likely N-dealkylation sites (tertiary alicyclic amines) is 1. The summed E-state index contributed by atoms with van der Waals surface area (Å²) in [7, 11) is 1.50. The summed E-state index contributed by atoms with van der Waals surface area (Å²) in [5, 5.41) is 0.335. The van der Waals surface area contributed by atoms with Crippen LogP contribution in [-0.4, -0.2) is 43.5 Å². The molecule has 1 fully saturated rings. The Bertz CT molecular complexity index is 598. The van der Waals surface area contributed by atoms with Gasteiger partial charge in [0, 0.05) is 24.6 Å². The quantitative estimate of drug-likeness (QED) is 0.889. The minimum atomic E-state index is -0.303. The van der Waals surface area contributed by atoms with Crippen molar-refractivity contribution in [3.05, 3.63) is 22.7 Å². The maximum atomic E-state index is 12.6. The maximum absolute atomic E-state index is 12.6. The average Bonchev–Trinajstić information content (AvgIpc) is 2.56. The van der Waals surface area contributed by atoms with E-state index in [0.29, 0.717) is 54.6 Å². The number of hydrogen-bond acceptors (Lipinski definition) is 4. The fourth-order valence-electron chi connectivity index (χ4n) is 2.68. The first-order valence-corrected chi connectivity index (χ1v) is 7.94. The Kier molecular flexibility index (Phi) is 5.71. The van der Waals surface area contributed by atoms with E-state index in [0.717, 1.165) is 0 Å². The van der Waals surface area contributed by atoms with Crippen molar-refractivity contribution in [2.45, 2.75) is 19.8 Å². The first-order valence-electron chi connectivity index (χ1n) is 7.56. The lowest BCUT2D eigenvalue weighted by Gasteiger charge is -2.30. The zero-order chi connectivity index (χ0) is 17.0. The summed E-state index contributed by atoms with van der Waals surface area (Å²) >= 11 is 6.20. The number of hydrogen-bond donors (Lipinski definition) is 1. The van der Waals surface area contributed by atoms with Gasteiger partial charge in [-0.05, 0) is 31.9 Å². The molecule has 23 heavy (non-hydrogen) atoms. The number of carbonyl (C=O) groups excluding carboxylic acids is 2. The van der Waals surface area contributed by atoms with Crippen LogP contribution in [0.5, 0.6) is 11.5 Å². The van der Waals surface area contributed by atoms with Crippen LogP contribution in [-0.2, 0) is 4.79 Å². The topological polar surface area (TPSA) is 81.9 Å². The van der Waals surface area contributed by atoms with Gasteiger partial charge in [0.1, 0.15) is 0 Å². The zero-order valence-corrected chi connectivity index (χ0v) is 14.1. The Hall–Kier alpha value is -1.95. The Morgan fingerprint density at radius 1 is 1.35 bits per heavy atom. The molecule has 2 amide bonds. The molecule has 1 aliphatic rings. The van der Waals surface area contributed by atoms with Crippen molar-refractivity contribution in [3.8, 4) is 11.5 Å². The first-order chi connectivity index (χ1) is 11.0. The van der Waals surface area contributed by atoms with Gasteiger partial charge < -0.3 is 20.1 Å². The predicted octanol–water partition coefficient (Wildman–Crippen LogP) is 2.08. The van der Waals surface area contributed by atoms with Gasteiger partial charge in [0.05, 0.1) is 18.7 Å². The molecular formula is C16H21ClN2O4. The molecular weight excluding hydrogens is 320 g/mol. The number of carbonyl (C=O) groups is 2. The molecule has 6 nitrogen and oxygen atoms in total. The number of rotatable bonds is 5. The van der Waals surface area contributed by atoms with Crippen LogP contribution in [0.3, 0.4) is 0 Å². The first kappa shape index (κ1) is 17.4. The van der Waals surface area contributed by atoms with Crippen LogP contribution >= 0.6 is 11.6 Å². The number of nitrogens with two attached hydrogens (primary N) is 1. The van der Waals surface area contributed by atoms with Gasteiger partial charge in [-0.2, -0.15) is 0 Å². The van der Waals surface area contributed by atoms with Crippen molar-refractivity contribution in [3.63, 3.8) is 0 Å². The van der Waals surface area contributed by atoms with Gasteiger partial charge >= 0.3 is 0 Å². The number of piperidine rings is 1. The largest absolute Gasteiger partial charge is 0.493 e. The lowest BCUT2D eigenvalue weighted by Crippen LogP contribution is -2.41. The molecule has 126 valence electrons. The van der Waals surface area contributed by atoms with Crippen molar-refractivity contribution < 1.29 is 19.1 Å². The molecule has 1 heterocycles. The molecule has 0 bridgehead atoms. The standard InChI is InChI=1S/C16H21ClN2O4/c1-3-23-14-12(17)8-11(9-13(14)22-2)16(21)19-6-4-10(5-7-19)15(18)20/h8-10H,3-7H2,1-2H3,(H2,18,20). The number of methoxy groups -OCH3 is 1. The molecule has 1 aliphatic heterocycles. The van der Waals surface area contributed by atoms with Gasteiger partial charge in [-0.3, -0.25) is 9.59 Å². The van der Waals surface area contributed by atoms with Crippen LogP contribution in [0.1, 0.15) is 30.1 Å². The minimum absolute atomic E-state index is 0.142. The van der Waals surface area contributed by atoms with Crippen LogP contribution < -0.4 is 15.2 Å². The molecule has 0 radical (unpaired) electrons. The van der Waals surface area contributed by atoms with Crippen LogP contribution in [0.25, 0.3) is 0 Å². The summed E-state index contributed by atoms with van der Waals surface area (Å²) in [6.07, 6.45) is 1.17. The van der Waals surface area contributed by atoms with Crippen LogP contribution in [0.15, 0.2) is 12.1 Å². The molecule has 0 saturated carbocycles. The molecule has 1 saturated heterocycles. The minimum Gasteiger partial charge on any atom is -0.493 e. The average molecular weight is 341 g/mol. The molecule has 0 aromatic heterocycles. The lowest BCUT2D eigenvalue weighted by molar-refractivity contribution is -0.123. The molecule has 2 N–H and O–H groups in total. The van der Waals surface area contributed by atoms with Gasteiger partial charge in [-0.25, -0.2) is 0 Å². The highest BCUT2D eigenvalue weighted by molar-refractivity contribution is 6.32. The van der Waals surface area contributed by atoms with Gasteiger partial charge in [0.15, 0.2) is 11.5 Å². The summed E-state index contributed by atoms with van der Waals surface area (Å²) in [6, 6.07) is 3.21. The number of benzene rings is 1. The van der Waals surface area contributed by atoms with Gasteiger partial charge in [0.25, 0.3) is 5.91 Å². The smallest absolute Gasteiger partial charge is 0.254 e. The normalized spacial score (nSPS) is 15.3. The maximum Gasteiger partial charge on any atom is 0.254 e. The van der Waals surface area contributed by atoms with E-state index in [1.54, 1.807) is 17.0 Å². The van der Waals surface area contributed by atoms with Gasteiger partial charge in [0.2, 0.25) is 5.91 Å². The van der Waals surface area contributed by atoms with Crippen molar-refractivity contribution in [1.82, 2.24) is 4.90 Å². The van der Waals surface area contributed by atoms with E-state index in [2.05, 4.69) is 0 Å². The number of nitrogens with zero attached hydrogens (tertiary/aromatic N) is 1. The monoisotopic (exact) mass is 340 g/mol. The molecule has 0 spiro atoms. The van der Waals surface area contributed by atoms with Crippen molar-refractivity contribution in [2.75, 3.05) is 26.8 Å².